The molecule has 0 spiro atoms. The molecule has 2 aliphatic heterocycles. The average Bonchev–Trinajstić information content (AvgIpc) is 2.66. The number of piperazine rings is 1. The Morgan fingerprint density at radius 2 is 1.93 bits per heavy atom. The van der Waals surface area contributed by atoms with Crippen molar-refractivity contribution in [3.63, 3.8) is 0 Å². The quantitative estimate of drug-likeness (QED) is 0.854. The van der Waals surface area contributed by atoms with Crippen LogP contribution in [0, 0.1) is 5.82 Å². The van der Waals surface area contributed by atoms with Gasteiger partial charge in [-0.25, -0.2) is 9.18 Å². The number of amides is 3. The van der Waals surface area contributed by atoms with Crippen molar-refractivity contribution >= 4 is 29.2 Å². The Labute approximate surface area is 164 Å². The third kappa shape index (κ3) is 4.90. The molecule has 0 radical (unpaired) electrons. The second-order valence-electron chi connectivity index (χ2n) is 7.23. The van der Waals surface area contributed by atoms with E-state index in [1.165, 1.54) is 18.6 Å². The van der Waals surface area contributed by atoms with Gasteiger partial charge in [-0.1, -0.05) is 17.7 Å². The Bertz CT molecular complexity index is 694. The van der Waals surface area contributed by atoms with Gasteiger partial charge in [-0.05, 0) is 38.3 Å². The molecule has 8 heteroatoms. The minimum atomic E-state index is -0.632. The predicted molar refractivity (Wildman–Crippen MR) is 103 cm³/mol. The summed E-state index contributed by atoms with van der Waals surface area (Å²) in [5.74, 6) is -0.464. The second-order valence-corrected chi connectivity index (χ2v) is 7.63. The van der Waals surface area contributed by atoms with Crippen LogP contribution in [0.25, 0.3) is 0 Å². The summed E-state index contributed by atoms with van der Waals surface area (Å²) < 4.78 is 13.9. The van der Waals surface area contributed by atoms with Gasteiger partial charge in [-0.15, -0.1) is 0 Å². The molecule has 0 aromatic heterocycles. The van der Waals surface area contributed by atoms with Crippen LogP contribution < -0.4 is 5.32 Å². The van der Waals surface area contributed by atoms with Gasteiger partial charge < -0.3 is 15.1 Å². The Morgan fingerprint density at radius 3 is 2.63 bits per heavy atom. The standard InChI is InChI=1S/C19H26ClFN4O2/c1-14-5-2-3-8-25(14)17(26)13-23-9-11-24(12-10-23)19(27)22-16-7-4-6-15(20)18(16)21/h4,6-7,14H,2-3,5,8-13H2,1H3,(H,22,27). The average molecular weight is 397 g/mol. The summed E-state index contributed by atoms with van der Waals surface area (Å²) >= 11 is 5.74. The highest BCUT2D eigenvalue weighted by Gasteiger charge is 2.27. The van der Waals surface area contributed by atoms with E-state index in [1.807, 2.05) is 4.90 Å². The second kappa shape index (κ2) is 8.89. The number of hydrogen-bond acceptors (Lipinski definition) is 3. The molecule has 3 rings (SSSR count). The van der Waals surface area contributed by atoms with Crippen molar-refractivity contribution in [1.29, 1.82) is 0 Å². The molecule has 2 saturated heterocycles. The smallest absolute Gasteiger partial charge is 0.322 e. The van der Waals surface area contributed by atoms with Gasteiger partial charge in [0.05, 0.1) is 17.3 Å². The maximum absolute atomic E-state index is 13.9. The maximum atomic E-state index is 13.9. The molecule has 1 aromatic carbocycles. The lowest BCUT2D eigenvalue weighted by Gasteiger charge is -2.38. The van der Waals surface area contributed by atoms with Crippen LogP contribution >= 0.6 is 11.6 Å². The number of carbonyl (C=O) groups is 2. The molecule has 1 atom stereocenters. The normalized spacial score (nSPS) is 21.2. The fraction of sp³-hybridized carbons (Fsp3) is 0.579. The molecule has 1 unspecified atom stereocenters. The topological polar surface area (TPSA) is 55.9 Å². The number of benzene rings is 1. The van der Waals surface area contributed by atoms with Crippen LogP contribution in [0.2, 0.25) is 5.02 Å². The molecule has 2 fully saturated rings. The summed E-state index contributed by atoms with van der Waals surface area (Å²) in [7, 11) is 0. The van der Waals surface area contributed by atoms with Crippen LogP contribution in [0.1, 0.15) is 26.2 Å². The predicted octanol–water partition coefficient (Wildman–Crippen LogP) is 3.03. The summed E-state index contributed by atoms with van der Waals surface area (Å²) in [6.45, 7) is 5.58. The van der Waals surface area contributed by atoms with E-state index in [4.69, 9.17) is 11.6 Å². The lowest BCUT2D eigenvalue weighted by atomic mass is 10.0. The summed E-state index contributed by atoms with van der Waals surface area (Å²) in [5.41, 5.74) is 0.0733. The molecular weight excluding hydrogens is 371 g/mol. The molecule has 148 valence electrons. The van der Waals surface area contributed by atoms with E-state index in [0.717, 1.165) is 19.4 Å². The van der Waals surface area contributed by atoms with Gasteiger partial charge in [0, 0.05) is 38.8 Å². The van der Waals surface area contributed by atoms with E-state index in [9.17, 15) is 14.0 Å². The lowest BCUT2D eigenvalue weighted by molar-refractivity contribution is -0.136. The van der Waals surface area contributed by atoms with Crippen LogP contribution in [-0.2, 0) is 4.79 Å². The number of hydrogen-bond donors (Lipinski definition) is 1. The van der Waals surface area contributed by atoms with Gasteiger partial charge >= 0.3 is 6.03 Å². The summed E-state index contributed by atoms with van der Waals surface area (Å²) in [5, 5.41) is 2.54. The van der Waals surface area contributed by atoms with Crippen molar-refractivity contribution in [3.8, 4) is 0 Å². The zero-order chi connectivity index (χ0) is 19.4. The fourth-order valence-electron chi connectivity index (χ4n) is 3.65. The van der Waals surface area contributed by atoms with Crippen LogP contribution in [0.3, 0.4) is 0 Å². The number of rotatable bonds is 3. The highest BCUT2D eigenvalue weighted by atomic mass is 35.5. The first-order valence-corrected chi connectivity index (χ1v) is 9.85. The number of likely N-dealkylation sites (tertiary alicyclic amines) is 1. The number of piperidine rings is 1. The molecule has 27 heavy (non-hydrogen) atoms. The number of carbonyl (C=O) groups excluding carboxylic acids is 2. The lowest BCUT2D eigenvalue weighted by Crippen LogP contribution is -2.53. The number of urea groups is 1. The molecule has 0 aliphatic carbocycles. The van der Waals surface area contributed by atoms with E-state index in [-0.39, 0.29) is 22.6 Å². The van der Waals surface area contributed by atoms with Gasteiger partial charge in [0.2, 0.25) is 5.91 Å². The SMILES string of the molecule is CC1CCCCN1C(=O)CN1CCN(C(=O)Nc2cccc(Cl)c2F)CC1. The number of anilines is 1. The van der Waals surface area contributed by atoms with Gasteiger partial charge in [0.1, 0.15) is 0 Å². The third-order valence-corrected chi connectivity index (χ3v) is 5.63. The Hall–Kier alpha value is -1.86. The Morgan fingerprint density at radius 1 is 1.19 bits per heavy atom. The van der Waals surface area contributed by atoms with Crippen LogP contribution in [0.4, 0.5) is 14.9 Å². The van der Waals surface area contributed by atoms with Crippen LogP contribution in [0.15, 0.2) is 18.2 Å². The maximum Gasteiger partial charge on any atom is 0.322 e. The minimum absolute atomic E-state index is 0.0249. The van der Waals surface area contributed by atoms with Gasteiger partial charge in [-0.3, -0.25) is 9.69 Å². The van der Waals surface area contributed by atoms with Crippen molar-refractivity contribution < 1.29 is 14.0 Å². The Balaban J connectivity index is 1.47. The number of nitrogens with one attached hydrogen (secondary N) is 1. The van der Waals surface area contributed by atoms with Crippen molar-refractivity contribution in [2.45, 2.75) is 32.2 Å². The molecule has 2 aliphatic rings. The van der Waals surface area contributed by atoms with Gasteiger partial charge in [0.25, 0.3) is 0 Å². The van der Waals surface area contributed by atoms with Crippen LogP contribution in [0.5, 0.6) is 0 Å². The number of halogens is 2. The first kappa shape index (κ1) is 19.9. The first-order chi connectivity index (χ1) is 13.0. The highest BCUT2D eigenvalue weighted by molar-refractivity contribution is 6.31. The molecule has 6 nitrogen and oxygen atoms in total. The zero-order valence-corrected chi connectivity index (χ0v) is 16.3. The molecule has 2 heterocycles. The monoisotopic (exact) mass is 396 g/mol. The molecule has 0 bridgehead atoms. The van der Waals surface area contributed by atoms with E-state index in [2.05, 4.69) is 17.1 Å². The molecular formula is C19H26ClFN4O2. The zero-order valence-electron chi connectivity index (χ0n) is 15.6. The summed E-state index contributed by atoms with van der Waals surface area (Å²) in [6.07, 6.45) is 3.33. The highest BCUT2D eigenvalue weighted by Crippen LogP contribution is 2.22. The fourth-order valence-corrected chi connectivity index (χ4v) is 3.83. The molecule has 1 aromatic rings. The van der Waals surface area contributed by atoms with Crippen LogP contribution in [-0.4, -0.2) is 71.9 Å². The Kier molecular flexibility index (Phi) is 6.55. The van der Waals surface area contributed by atoms with E-state index in [1.54, 1.807) is 11.0 Å². The summed E-state index contributed by atoms with van der Waals surface area (Å²) in [6, 6.07) is 4.46. The van der Waals surface area contributed by atoms with Crippen molar-refractivity contribution in [3.05, 3.63) is 29.0 Å². The molecule has 1 N–H and O–H groups in total. The van der Waals surface area contributed by atoms with Gasteiger partial charge in [-0.2, -0.15) is 0 Å². The van der Waals surface area contributed by atoms with Crippen molar-refractivity contribution in [1.82, 2.24) is 14.7 Å². The molecule has 0 saturated carbocycles. The minimum Gasteiger partial charge on any atom is -0.339 e. The van der Waals surface area contributed by atoms with Crippen molar-refractivity contribution in [2.75, 3.05) is 44.6 Å². The first-order valence-electron chi connectivity index (χ1n) is 9.47. The largest absolute Gasteiger partial charge is 0.339 e. The molecule has 3 amide bonds. The van der Waals surface area contributed by atoms with E-state index in [0.29, 0.717) is 38.8 Å². The third-order valence-electron chi connectivity index (χ3n) is 5.33. The van der Waals surface area contributed by atoms with Crippen molar-refractivity contribution in [2.24, 2.45) is 0 Å². The summed E-state index contributed by atoms with van der Waals surface area (Å²) in [4.78, 5) is 30.6. The van der Waals surface area contributed by atoms with E-state index < -0.39 is 5.82 Å². The number of nitrogens with zero attached hydrogens (tertiary/aromatic N) is 3. The van der Waals surface area contributed by atoms with E-state index >= 15 is 0 Å². The van der Waals surface area contributed by atoms with Gasteiger partial charge in [0.15, 0.2) is 5.82 Å².